The lowest BCUT2D eigenvalue weighted by Gasteiger charge is -2.15. The van der Waals surface area contributed by atoms with Crippen molar-refractivity contribution in [2.75, 3.05) is 6.54 Å². The zero-order chi connectivity index (χ0) is 17.3. The van der Waals surface area contributed by atoms with Crippen molar-refractivity contribution in [3.63, 3.8) is 0 Å². The van der Waals surface area contributed by atoms with Crippen LogP contribution in [0.5, 0.6) is 5.75 Å². The van der Waals surface area contributed by atoms with Gasteiger partial charge in [-0.05, 0) is 35.4 Å². The van der Waals surface area contributed by atoms with E-state index in [1.54, 1.807) is 0 Å². The van der Waals surface area contributed by atoms with Gasteiger partial charge in [-0.15, -0.1) is 0 Å². The number of hydrogen-bond acceptors (Lipinski definition) is 2. The molecule has 0 heterocycles. The van der Waals surface area contributed by atoms with Crippen LogP contribution in [0.1, 0.15) is 37.3 Å². The van der Waals surface area contributed by atoms with E-state index in [1.165, 1.54) is 41.2 Å². The van der Waals surface area contributed by atoms with Gasteiger partial charge in [0.25, 0.3) is 0 Å². The van der Waals surface area contributed by atoms with Gasteiger partial charge >= 0.3 is 0 Å². The first-order chi connectivity index (χ1) is 12.4. The number of nitrogens with one attached hydrogen (secondary N) is 1. The molecule has 0 aliphatic carbocycles. The molecule has 0 spiro atoms. The number of rotatable bonds is 9. The van der Waals surface area contributed by atoms with Crippen LogP contribution >= 0.6 is 0 Å². The van der Waals surface area contributed by atoms with Gasteiger partial charge in [0.2, 0.25) is 0 Å². The maximum absolute atomic E-state index is 6.17. The van der Waals surface area contributed by atoms with E-state index in [2.05, 4.69) is 72.9 Å². The molecule has 3 aromatic carbocycles. The Morgan fingerprint density at radius 1 is 0.840 bits per heavy atom. The van der Waals surface area contributed by atoms with Gasteiger partial charge in [0.1, 0.15) is 12.4 Å². The molecule has 0 saturated heterocycles. The Balaban J connectivity index is 1.77. The molecule has 3 aromatic rings. The monoisotopic (exact) mass is 333 g/mol. The molecule has 2 heteroatoms. The highest BCUT2D eigenvalue weighted by molar-refractivity contribution is 5.87. The van der Waals surface area contributed by atoms with Gasteiger partial charge in [0.05, 0.1) is 0 Å². The van der Waals surface area contributed by atoms with E-state index in [-0.39, 0.29) is 0 Å². The summed E-state index contributed by atoms with van der Waals surface area (Å²) in [6.45, 7) is 4.73. The molecule has 25 heavy (non-hydrogen) atoms. The Kier molecular flexibility index (Phi) is 6.47. The molecule has 0 unspecified atom stereocenters. The second-order valence-electron chi connectivity index (χ2n) is 6.42. The second-order valence-corrected chi connectivity index (χ2v) is 6.42. The average molecular weight is 333 g/mol. The number of fused-ring (bicyclic) bond motifs is 1. The van der Waals surface area contributed by atoms with Gasteiger partial charge in [-0.25, -0.2) is 0 Å². The van der Waals surface area contributed by atoms with Crippen molar-refractivity contribution >= 4 is 10.8 Å². The molecule has 0 aliphatic rings. The number of hydrogen-bond donors (Lipinski definition) is 1. The molecule has 1 N–H and O–H groups in total. The molecule has 0 atom stereocenters. The van der Waals surface area contributed by atoms with Crippen molar-refractivity contribution in [2.24, 2.45) is 0 Å². The first-order valence-electron chi connectivity index (χ1n) is 9.26. The van der Waals surface area contributed by atoms with Gasteiger partial charge in [-0.1, -0.05) is 80.4 Å². The van der Waals surface area contributed by atoms with Crippen molar-refractivity contribution in [2.45, 2.75) is 39.3 Å². The standard InChI is InChI=1S/C23H27NO/c1-2-3-9-16-24-17-22-21-13-8-7-12-20(21)14-15-23(22)25-18-19-10-5-4-6-11-19/h4-8,10-15,24H,2-3,9,16-18H2,1H3. The van der Waals surface area contributed by atoms with Crippen LogP contribution in [-0.4, -0.2) is 6.54 Å². The van der Waals surface area contributed by atoms with Crippen LogP contribution in [0.3, 0.4) is 0 Å². The van der Waals surface area contributed by atoms with Crippen LogP contribution in [0.2, 0.25) is 0 Å². The zero-order valence-corrected chi connectivity index (χ0v) is 15.0. The number of unbranched alkanes of at least 4 members (excludes halogenated alkanes) is 2. The third-order valence-electron chi connectivity index (χ3n) is 4.49. The summed E-state index contributed by atoms with van der Waals surface area (Å²) in [6.07, 6.45) is 3.75. The molecule has 130 valence electrons. The Bertz CT molecular complexity index is 782. The summed E-state index contributed by atoms with van der Waals surface area (Å²) < 4.78 is 6.17. The molecule has 2 nitrogen and oxygen atoms in total. The Labute approximate surface area is 150 Å². The Morgan fingerprint density at radius 2 is 1.64 bits per heavy atom. The first-order valence-corrected chi connectivity index (χ1v) is 9.26. The fourth-order valence-corrected chi connectivity index (χ4v) is 3.08. The van der Waals surface area contributed by atoms with Crippen molar-refractivity contribution in [3.05, 3.63) is 77.9 Å². The SMILES string of the molecule is CCCCCNCc1c(OCc2ccccc2)ccc2ccccc12. The van der Waals surface area contributed by atoms with Crippen LogP contribution < -0.4 is 10.1 Å². The zero-order valence-electron chi connectivity index (χ0n) is 15.0. The highest BCUT2D eigenvalue weighted by atomic mass is 16.5. The molecular weight excluding hydrogens is 306 g/mol. The van der Waals surface area contributed by atoms with Gasteiger partial charge in [0, 0.05) is 12.1 Å². The summed E-state index contributed by atoms with van der Waals surface area (Å²) in [6, 6.07) is 23.1. The molecule has 0 amide bonds. The molecule has 0 aliphatic heterocycles. The molecular formula is C23H27NO. The molecule has 0 bridgehead atoms. The average Bonchev–Trinajstić information content (AvgIpc) is 2.67. The van der Waals surface area contributed by atoms with Gasteiger partial charge in [0.15, 0.2) is 0 Å². The lowest BCUT2D eigenvalue weighted by molar-refractivity contribution is 0.302. The lowest BCUT2D eigenvalue weighted by Crippen LogP contribution is -2.15. The van der Waals surface area contributed by atoms with E-state index in [1.807, 2.05) is 6.07 Å². The first kappa shape index (κ1) is 17.5. The van der Waals surface area contributed by atoms with Crippen LogP contribution in [-0.2, 0) is 13.2 Å². The fourth-order valence-electron chi connectivity index (χ4n) is 3.08. The van der Waals surface area contributed by atoms with Gasteiger partial charge in [-0.3, -0.25) is 0 Å². The van der Waals surface area contributed by atoms with Crippen molar-refractivity contribution in [3.8, 4) is 5.75 Å². The lowest BCUT2D eigenvalue weighted by atomic mass is 10.0. The van der Waals surface area contributed by atoms with Crippen LogP contribution in [0, 0.1) is 0 Å². The largest absolute Gasteiger partial charge is 0.489 e. The predicted octanol–water partition coefficient (Wildman–Crippen LogP) is 5.70. The molecule has 3 rings (SSSR count). The van der Waals surface area contributed by atoms with E-state index in [4.69, 9.17) is 4.74 Å². The van der Waals surface area contributed by atoms with Crippen molar-refractivity contribution < 1.29 is 4.74 Å². The van der Waals surface area contributed by atoms with E-state index in [9.17, 15) is 0 Å². The van der Waals surface area contributed by atoms with E-state index in [0.29, 0.717) is 6.61 Å². The van der Waals surface area contributed by atoms with Gasteiger partial charge < -0.3 is 10.1 Å². The summed E-state index contributed by atoms with van der Waals surface area (Å²) >= 11 is 0. The summed E-state index contributed by atoms with van der Waals surface area (Å²) in [7, 11) is 0. The van der Waals surface area contributed by atoms with Crippen LogP contribution in [0.25, 0.3) is 10.8 Å². The van der Waals surface area contributed by atoms with Crippen LogP contribution in [0.4, 0.5) is 0 Å². The Hall–Kier alpha value is -2.32. The highest BCUT2D eigenvalue weighted by Crippen LogP contribution is 2.28. The number of ether oxygens (including phenoxy) is 1. The summed E-state index contributed by atoms with van der Waals surface area (Å²) in [4.78, 5) is 0. The third-order valence-corrected chi connectivity index (χ3v) is 4.49. The van der Waals surface area contributed by atoms with Crippen molar-refractivity contribution in [1.29, 1.82) is 0 Å². The minimum absolute atomic E-state index is 0.599. The minimum atomic E-state index is 0.599. The molecule has 0 radical (unpaired) electrons. The second kappa shape index (κ2) is 9.24. The smallest absolute Gasteiger partial charge is 0.124 e. The van der Waals surface area contributed by atoms with E-state index < -0.39 is 0 Å². The maximum atomic E-state index is 6.17. The van der Waals surface area contributed by atoms with Crippen LogP contribution in [0.15, 0.2) is 66.7 Å². The maximum Gasteiger partial charge on any atom is 0.124 e. The van der Waals surface area contributed by atoms with Gasteiger partial charge in [-0.2, -0.15) is 0 Å². The molecule has 0 fully saturated rings. The normalized spacial score (nSPS) is 10.9. The third kappa shape index (κ3) is 4.83. The summed E-state index contributed by atoms with van der Waals surface area (Å²) in [5.41, 5.74) is 2.45. The predicted molar refractivity (Wildman–Crippen MR) is 106 cm³/mol. The number of benzene rings is 3. The topological polar surface area (TPSA) is 21.3 Å². The van der Waals surface area contributed by atoms with E-state index >= 15 is 0 Å². The molecule has 0 saturated carbocycles. The highest BCUT2D eigenvalue weighted by Gasteiger charge is 2.09. The summed E-state index contributed by atoms with van der Waals surface area (Å²) in [5.74, 6) is 0.977. The Morgan fingerprint density at radius 3 is 2.48 bits per heavy atom. The van der Waals surface area contributed by atoms with Crippen molar-refractivity contribution in [1.82, 2.24) is 5.32 Å². The molecule has 0 aromatic heterocycles. The fraction of sp³-hybridized carbons (Fsp3) is 0.304. The quantitative estimate of drug-likeness (QED) is 0.507. The minimum Gasteiger partial charge on any atom is -0.489 e. The summed E-state index contributed by atoms with van der Waals surface area (Å²) in [5, 5.41) is 6.13. The van der Waals surface area contributed by atoms with E-state index in [0.717, 1.165) is 18.8 Å².